The van der Waals surface area contributed by atoms with E-state index in [0.717, 1.165) is 6.26 Å². The number of carboxylic acid groups (broad SMARTS) is 1. The van der Waals surface area contributed by atoms with E-state index < -0.39 is 42.9 Å². The van der Waals surface area contributed by atoms with Crippen LogP contribution in [0.1, 0.15) is 0 Å². The molecule has 100 valence electrons. The molecule has 0 radical (unpaired) electrons. The topological polar surface area (TPSA) is 127 Å². The fraction of sp³-hybridized carbons (Fsp3) is 0.857. The molecular formula is C7H13NO7S2. The molecular weight excluding hydrogens is 274 g/mol. The summed E-state index contributed by atoms with van der Waals surface area (Å²) >= 11 is 0. The molecule has 1 saturated heterocycles. The third kappa shape index (κ3) is 4.58. The molecule has 0 bridgehead atoms. The average molecular weight is 287 g/mol. The van der Waals surface area contributed by atoms with Gasteiger partial charge in [0.05, 0.1) is 25.2 Å². The Kier molecular flexibility index (Phi) is 4.12. The number of aliphatic carboxylic acids is 1. The summed E-state index contributed by atoms with van der Waals surface area (Å²) in [6, 6.07) is -0.931. The minimum absolute atomic E-state index is 0.0834. The number of carbonyl (C=O) groups is 1. The van der Waals surface area contributed by atoms with Crippen LogP contribution < -0.4 is 4.72 Å². The number of sulfonamides is 1. The number of carboxylic acids is 1. The standard InChI is InChI=1S/C7H13NO7S2/c1-16(11,12)4-17(13,14)8-6-3-15-2-5(6)7(9)10/h5-6,8H,2-4H2,1H3,(H,9,10). The molecule has 1 fully saturated rings. The first kappa shape index (κ1) is 14.4. The van der Waals surface area contributed by atoms with Crippen LogP contribution in [-0.4, -0.2) is 58.5 Å². The monoisotopic (exact) mass is 287 g/mol. The highest BCUT2D eigenvalue weighted by Gasteiger charge is 2.37. The second-order valence-electron chi connectivity index (χ2n) is 3.86. The van der Waals surface area contributed by atoms with E-state index in [2.05, 4.69) is 0 Å². The Morgan fingerprint density at radius 2 is 1.94 bits per heavy atom. The predicted molar refractivity (Wildman–Crippen MR) is 57.5 cm³/mol. The third-order valence-corrected chi connectivity index (χ3v) is 5.71. The van der Waals surface area contributed by atoms with Crippen molar-refractivity contribution in [2.24, 2.45) is 5.92 Å². The highest BCUT2D eigenvalue weighted by molar-refractivity contribution is 8.06. The smallest absolute Gasteiger partial charge is 0.310 e. The molecule has 8 nitrogen and oxygen atoms in total. The van der Waals surface area contributed by atoms with E-state index in [-0.39, 0.29) is 13.2 Å². The minimum Gasteiger partial charge on any atom is -0.481 e. The second-order valence-corrected chi connectivity index (χ2v) is 8.12. The Morgan fingerprint density at radius 3 is 2.41 bits per heavy atom. The van der Waals surface area contributed by atoms with Crippen molar-refractivity contribution in [2.75, 3.05) is 24.6 Å². The summed E-state index contributed by atoms with van der Waals surface area (Å²) in [7, 11) is -7.77. The van der Waals surface area contributed by atoms with E-state index in [0.29, 0.717) is 0 Å². The zero-order valence-electron chi connectivity index (χ0n) is 8.99. The molecule has 0 aliphatic carbocycles. The quantitative estimate of drug-likeness (QED) is 0.599. The van der Waals surface area contributed by atoms with Gasteiger partial charge in [-0.25, -0.2) is 21.6 Å². The molecule has 1 aliphatic heterocycles. The van der Waals surface area contributed by atoms with Gasteiger partial charge in [0.2, 0.25) is 10.0 Å². The first-order valence-electron chi connectivity index (χ1n) is 4.59. The summed E-state index contributed by atoms with van der Waals surface area (Å²) in [5.74, 6) is -2.18. The number of nitrogens with one attached hydrogen (secondary N) is 1. The van der Waals surface area contributed by atoms with Gasteiger partial charge in [-0.15, -0.1) is 0 Å². The molecule has 2 N–H and O–H groups in total. The lowest BCUT2D eigenvalue weighted by Crippen LogP contribution is -2.44. The van der Waals surface area contributed by atoms with Crippen LogP contribution in [0.5, 0.6) is 0 Å². The van der Waals surface area contributed by atoms with Crippen molar-refractivity contribution in [2.45, 2.75) is 6.04 Å². The second kappa shape index (κ2) is 4.88. The summed E-state index contributed by atoms with van der Waals surface area (Å²) in [4.78, 5) is 10.7. The molecule has 0 aromatic heterocycles. The molecule has 2 atom stereocenters. The van der Waals surface area contributed by atoms with Gasteiger partial charge in [0.15, 0.2) is 14.9 Å². The molecule has 0 spiro atoms. The normalized spacial score (nSPS) is 25.9. The van der Waals surface area contributed by atoms with Crippen LogP contribution in [0.15, 0.2) is 0 Å². The van der Waals surface area contributed by atoms with Gasteiger partial charge in [-0.05, 0) is 0 Å². The van der Waals surface area contributed by atoms with Gasteiger partial charge in [-0.1, -0.05) is 0 Å². The van der Waals surface area contributed by atoms with E-state index in [4.69, 9.17) is 9.84 Å². The lowest BCUT2D eigenvalue weighted by molar-refractivity contribution is -0.142. The van der Waals surface area contributed by atoms with Crippen molar-refractivity contribution in [3.8, 4) is 0 Å². The van der Waals surface area contributed by atoms with Gasteiger partial charge in [-0.3, -0.25) is 4.79 Å². The number of sulfone groups is 1. The minimum atomic E-state index is -4.07. The van der Waals surface area contributed by atoms with Crippen LogP contribution in [0.2, 0.25) is 0 Å². The number of hydrogen-bond donors (Lipinski definition) is 2. The third-order valence-electron chi connectivity index (χ3n) is 2.10. The van der Waals surface area contributed by atoms with Gasteiger partial charge in [0.25, 0.3) is 0 Å². The Balaban J connectivity index is 2.74. The van der Waals surface area contributed by atoms with E-state index in [1.165, 1.54) is 0 Å². The maximum Gasteiger partial charge on any atom is 0.310 e. The SMILES string of the molecule is CS(=O)(=O)CS(=O)(=O)NC1COCC1C(=O)O. The van der Waals surface area contributed by atoms with E-state index in [9.17, 15) is 21.6 Å². The van der Waals surface area contributed by atoms with Gasteiger partial charge >= 0.3 is 5.97 Å². The summed E-state index contributed by atoms with van der Waals surface area (Å²) in [6.45, 7) is -0.179. The molecule has 0 saturated carbocycles. The van der Waals surface area contributed by atoms with Crippen molar-refractivity contribution in [3.05, 3.63) is 0 Å². The van der Waals surface area contributed by atoms with Gasteiger partial charge in [-0.2, -0.15) is 0 Å². The highest BCUT2D eigenvalue weighted by Crippen LogP contribution is 2.15. The number of ether oxygens (including phenoxy) is 1. The molecule has 2 unspecified atom stereocenters. The van der Waals surface area contributed by atoms with Crippen molar-refractivity contribution < 1.29 is 31.5 Å². The fourth-order valence-electron chi connectivity index (χ4n) is 1.46. The van der Waals surface area contributed by atoms with Crippen LogP contribution in [0.3, 0.4) is 0 Å². The van der Waals surface area contributed by atoms with Crippen molar-refractivity contribution in [1.82, 2.24) is 4.72 Å². The summed E-state index contributed by atoms with van der Waals surface area (Å²) in [5.41, 5.74) is 0. The van der Waals surface area contributed by atoms with E-state index >= 15 is 0 Å². The first-order chi connectivity index (χ1) is 7.61. The number of hydrogen-bond acceptors (Lipinski definition) is 6. The molecule has 1 aliphatic rings. The summed E-state index contributed by atoms with van der Waals surface area (Å²) in [5, 5.41) is 7.71. The van der Waals surface area contributed by atoms with Gasteiger partial charge in [0.1, 0.15) is 0 Å². The Morgan fingerprint density at radius 1 is 1.35 bits per heavy atom. The first-order valence-corrected chi connectivity index (χ1v) is 8.30. The Labute approximate surface area is 98.9 Å². The average Bonchev–Trinajstić information content (AvgIpc) is 2.45. The lowest BCUT2D eigenvalue weighted by Gasteiger charge is -2.15. The van der Waals surface area contributed by atoms with Crippen LogP contribution in [0.25, 0.3) is 0 Å². The zero-order chi connectivity index (χ0) is 13.3. The molecule has 17 heavy (non-hydrogen) atoms. The molecule has 0 aromatic rings. The molecule has 0 amide bonds. The van der Waals surface area contributed by atoms with Crippen molar-refractivity contribution >= 4 is 25.8 Å². The van der Waals surface area contributed by atoms with Gasteiger partial charge in [0, 0.05) is 6.26 Å². The van der Waals surface area contributed by atoms with Crippen molar-refractivity contribution in [3.63, 3.8) is 0 Å². The zero-order valence-corrected chi connectivity index (χ0v) is 10.6. The molecule has 1 rings (SSSR count). The van der Waals surface area contributed by atoms with Crippen LogP contribution in [0.4, 0.5) is 0 Å². The molecule has 0 aromatic carbocycles. The largest absolute Gasteiger partial charge is 0.481 e. The highest BCUT2D eigenvalue weighted by atomic mass is 32.3. The molecule has 1 heterocycles. The maximum absolute atomic E-state index is 11.4. The van der Waals surface area contributed by atoms with Gasteiger partial charge < -0.3 is 9.84 Å². The maximum atomic E-state index is 11.4. The fourth-order valence-corrected chi connectivity index (χ4v) is 4.68. The van der Waals surface area contributed by atoms with Crippen LogP contribution in [-0.2, 0) is 29.4 Å². The Hall–Kier alpha value is -0.710. The number of rotatable bonds is 5. The van der Waals surface area contributed by atoms with Crippen LogP contribution in [0, 0.1) is 5.92 Å². The van der Waals surface area contributed by atoms with Crippen LogP contribution >= 0.6 is 0 Å². The Bertz CT molecular complexity index is 494. The lowest BCUT2D eigenvalue weighted by atomic mass is 10.1. The molecule has 10 heteroatoms. The van der Waals surface area contributed by atoms with E-state index in [1.807, 2.05) is 4.72 Å². The van der Waals surface area contributed by atoms with E-state index in [1.54, 1.807) is 0 Å². The van der Waals surface area contributed by atoms with Crippen molar-refractivity contribution in [1.29, 1.82) is 0 Å². The summed E-state index contributed by atoms with van der Waals surface area (Å²) < 4.78 is 51.5. The predicted octanol–water partition coefficient (Wildman–Crippen LogP) is -1.99. The summed E-state index contributed by atoms with van der Waals surface area (Å²) in [6.07, 6.45) is 0.784.